The molecule has 3 aromatic carbocycles. The summed E-state index contributed by atoms with van der Waals surface area (Å²) < 4.78 is 21.7. The van der Waals surface area contributed by atoms with Crippen LogP contribution in [0.4, 0.5) is 0 Å². The van der Waals surface area contributed by atoms with Crippen LogP contribution >= 0.6 is 0 Å². The van der Waals surface area contributed by atoms with Crippen LogP contribution in [0.5, 0.6) is 17.2 Å². The number of aromatic hydroxyl groups is 1. The molecule has 212 valence electrons. The van der Waals surface area contributed by atoms with Crippen molar-refractivity contribution in [2.75, 3.05) is 20.8 Å². The van der Waals surface area contributed by atoms with Crippen molar-refractivity contribution in [2.45, 2.75) is 72.5 Å². The van der Waals surface area contributed by atoms with Crippen LogP contribution in [0.15, 0.2) is 60.7 Å². The molecule has 2 atom stereocenters. The molecule has 3 aromatic rings. The number of phenols is 1. The predicted octanol–water partition coefficient (Wildman–Crippen LogP) is 7.69. The Morgan fingerprint density at radius 3 is 1.69 bits per heavy atom. The topological polar surface area (TPSA) is 74.2 Å². The molecule has 0 amide bonds. The van der Waals surface area contributed by atoms with Crippen LogP contribution in [-0.4, -0.2) is 31.9 Å². The van der Waals surface area contributed by atoms with Crippen LogP contribution in [0.2, 0.25) is 0 Å². The van der Waals surface area contributed by atoms with Gasteiger partial charge >= 0.3 is 5.97 Å². The Morgan fingerprint density at radius 2 is 1.26 bits per heavy atom. The Kier molecular flexibility index (Phi) is 13.5. The molecule has 39 heavy (non-hydrogen) atoms. The van der Waals surface area contributed by atoms with Gasteiger partial charge in [0.25, 0.3) is 0 Å². The van der Waals surface area contributed by atoms with Crippen molar-refractivity contribution in [2.24, 2.45) is 0 Å². The fourth-order valence-electron chi connectivity index (χ4n) is 4.07. The monoisotopic (exact) mass is 536 g/mol. The number of phenolic OH excluding ortho intramolecular Hbond substituents is 1. The maximum Gasteiger partial charge on any atom is 0.349 e. The molecule has 6 nitrogen and oxygen atoms in total. The second-order valence-electron chi connectivity index (χ2n) is 9.82. The minimum absolute atomic E-state index is 0.191. The first-order valence-electron chi connectivity index (χ1n) is 13.5. The van der Waals surface area contributed by atoms with E-state index in [-0.39, 0.29) is 6.61 Å². The van der Waals surface area contributed by atoms with Crippen LogP contribution in [0.3, 0.4) is 0 Å². The van der Waals surface area contributed by atoms with Crippen molar-refractivity contribution in [3.8, 4) is 17.2 Å². The minimum atomic E-state index is -0.455. The van der Waals surface area contributed by atoms with E-state index in [9.17, 15) is 4.79 Å². The molecule has 0 aliphatic rings. The Labute approximate surface area is 233 Å². The van der Waals surface area contributed by atoms with Crippen molar-refractivity contribution in [1.29, 1.82) is 0 Å². The second-order valence-corrected chi connectivity index (χ2v) is 9.82. The number of benzene rings is 3. The second kappa shape index (κ2) is 16.6. The summed E-state index contributed by atoms with van der Waals surface area (Å²) in [5.74, 6) is 2.08. The van der Waals surface area contributed by atoms with Crippen LogP contribution in [0.25, 0.3) is 0 Å². The lowest BCUT2D eigenvalue weighted by Gasteiger charge is -2.16. The molecule has 0 aromatic heterocycles. The van der Waals surface area contributed by atoms with Gasteiger partial charge in [0.1, 0.15) is 17.2 Å². The molecule has 6 heteroatoms. The van der Waals surface area contributed by atoms with Crippen molar-refractivity contribution in [3.63, 3.8) is 0 Å². The van der Waals surface area contributed by atoms with Crippen molar-refractivity contribution >= 4 is 5.97 Å². The van der Waals surface area contributed by atoms with Gasteiger partial charge in [0.2, 0.25) is 0 Å². The number of hydrogen-bond donors (Lipinski definition) is 1. The number of carbonyl (C=O) groups is 1. The maximum absolute atomic E-state index is 12.3. The zero-order valence-electron chi connectivity index (χ0n) is 24.5. The van der Waals surface area contributed by atoms with Crippen LogP contribution in [-0.2, 0) is 27.5 Å². The van der Waals surface area contributed by atoms with Gasteiger partial charge in [-0.2, -0.15) is 0 Å². The molecule has 0 fully saturated rings. The largest absolute Gasteiger partial charge is 0.508 e. The Balaban J connectivity index is 0.000000404. The summed E-state index contributed by atoms with van der Waals surface area (Å²) in [6, 6.07) is 19.0. The van der Waals surface area contributed by atoms with E-state index in [4.69, 9.17) is 24.1 Å². The van der Waals surface area contributed by atoms with Gasteiger partial charge in [0.05, 0.1) is 13.2 Å². The molecule has 0 aliphatic heterocycles. The SMILES string of the molecule is CCC(C)c1ccc(O)cc1.CCC(C)c1ccc(OC(=O)COc2c(COC)cc(C)cc2COC)cc1. The summed E-state index contributed by atoms with van der Waals surface area (Å²) in [7, 11) is 3.25. The molecule has 0 heterocycles. The van der Waals surface area contributed by atoms with Gasteiger partial charge in [-0.3, -0.25) is 0 Å². The quantitative estimate of drug-likeness (QED) is 0.189. The summed E-state index contributed by atoms with van der Waals surface area (Å²) in [5, 5.41) is 9.01. The fraction of sp³-hybridized carbons (Fsp3) is 0.424. The van der Waals surface area contributed by atoms with E-state index in [0.717, 1.165) is 29.5 Å². The number of aryl methyl sites for hydroxylation is 1. The fourth-order valence-corrected chi connectivity index (χ4v) is 4.07. The minimum Gasteiger partial charge on any atom is -0.508 e. The molecule has 0 radical (unpaired) electrons. The number of rotatable bonds is 12. The third kappa shape index (κ3) is 10.4. The molecular weight excluding hydrogens is 492 g/mol. The number of methoxy groups -OCH3 is 2. The predicted molar refractivity (Wildman–Crippen MR) is 156 cm³/mol. The standard InChI is InChI=1S/C23H30O5.C10H14O/c1-6-17(3)18-7-9-21(10-8-18)28-22(24)15-27-23-19(13-25-4)11-16(2)12-20(23)14-26-5;1-3-8(2)9-4-6-10(11)7-5-9/h7-12,17H,6,13-15H2,1-5H3;4-8,11H,3H2,1-2H3. The van der Waals surface area contributed by atoms with Gasteiger partial charge in [-0.25, -0.2) is 4.79 Å². The van der Waals surface area contributed by atoms with E-state index >= 15 is 0 Å². The van der Waals surface area contributed by atoms with Gasteiger partial charge < -0.3 is 24.1 Å². The van der Waals surface area contributed by atoms with Gasteiger partial charge in [-0.05, 0) is 67.0 Å². The zero-order chi connectivity index (χ0) is 28.8. The lowest BCUT2D eigenvalue weighted by atomic mass is 9.99. The van der Waals surface area contributed by atoms with E-state index < -0.39 is 5.97 Å². The average molecular weight is 537 g/mol. The highest BCUT2D eigenvalue weighted by Crippen LogP contribution is 2.28. The van der Waals surface area contributed by atoms with E-state index in [0.29, 0.717) is 42.3 Å². The maximum atomic E-state index is 12.3. The van der Waals surface area contributed by atoms with Crippen molar-refractivity contribution in [3.05, 3.63) is 88.5 Å². The Bertz CT molecular complexity index is 1110. The van der Waals surface area contributed by atoms with E-state index in [2.05, 4.69) is 27.7 Å². The summed E-state index contributed by atoms with van der Waals surface area (Å²) in [6.07, 6.45) is 2.21. The zero-order valence-corrected chi connectivity index (χ0v) is 24.5. The molecule has 0 aliphatic carbocycles. The van der Waals surface area contributed by atoms with Crippen LogP contribution < -0.4 is 9.47 Å². The van der Waals surface area contributed by atoms with E-state index in [1.165, 1.54) is 11.1 Å². The van der Waals surface area contributed by atoms with Gasteiger partial charge in [0.15, 0.2) is 6.61 Å². The molecule has 3 rings (SSSR count). The Hall–Kier alpha value is -3.35. The van der Waals surface area contributed by atoms with E-state index in [1.807, 2.05) is 55.5 Å². The number of carbonyl (C=O) groups excluding carboxylic acids is 1. The molecule has 0 spiro atoms. The highest BCUT2D eigenvalue weighted by atomic mass is 16.6. The third-order valence-electron chi connectivity index (χ3n) is 6.69. The lowest BCUT2D eigenvalue weighted by molar-refractivity contribution is -0.136. The molecule has 0 saturated carbocycles. The molecule has 1 N–H and O–H groups in total. The molecule has 2 unspecified atom stereocenters. The molecule has 0 bridgehead atoms. The van der Waals surface area contributed by atoms with Crippen molar-refractivity contribution < 1.29 is 28.8 Å². The first kappa shape index (κ1) is 31.9. The Morgan fingerprint density at radius 1 is 0.795 bits per heavy atom. The number of hydrogen-bond acceptors (Lipinski definition) is 6. The molecular formula is C33H44O6. The number of esters is 1. The van der Waals surface area contributed by atoms with Crippen LogP contribution in [0.1, 0.15) is 80.2 Å². The molecule has 0 saturated heterocycles. The van der Waals surface area contributed by atoms with Crippen molar-refractivity contribution in [1.82, 2.24) is 0 Å². The average Bonchev–Trinajstić information content (AvgIpc) is 2.93. The summed E-state index contributed by atoms with van der Waals surface area (Å²) >= 11 is 0. The normalized spacial score (nSPS) is 12.2. The van der Waals surface area contributed by atoms with Crippen LogP contribution in [0, 0.1) is 6.92 Å². The first-order chi connectivity index (χ1) is 18.7. The highest BCUT2D eigenvalue weighted by molar-refractivity contribution is 5.74. The van der Waals surface area contributed by atoms with Gasteiger partial charge in [0, 0.05) is 25.3 Å². The van der Waals surface area contributed by atoms with E-state index in [1.54, 1.807) is 26.4 Å². The number of ether oxygens (including phenoxy) is 4. The lowest BCUT2D eigenvalue weighted by Crippen LogP contribution is -2.19. The van der Waals surface area contributed by atoms with Gasteiger partial charge in [-0.15, -0.1) is 0 Å². The summed E-state index contributed by atoms with van der Waals surface area (Å²) in [6.45, 7) is 11.3. The summed E-state index contributed by atoms with van der Waals surface area (Å²) in [4.78, 5) is 12.3. The summed E-state index contributed by atoms with van der Waals surface area (Å²) in [5.41, 5.74) is 5.35. The highest BCUT2D eigenvalue weighted by Gasteiger charge is 2.15. The van der Waals surface area contributed by atoms with Gasteiger partial charge in [-0.1, -0.05) is 69.7 Å². The third-order valence-corrected chi connectivity index (χ3v) is 6.69. The first-order valence-corrected chi connectivity index (χ1v) is 13.5. The smallest absolute Gasteiger partial charge is 0.349 e.